The Hall–Kier alpha value is -2.15. The van der Waals surface area contributed by atoms with E-state index in [2.05, 4.69) is 26.2 Å². The van der Waals surface area contributed by atoms with Gasteiger partial charge in [0.05, 0.1) is 18.5 Å². The molecule has 0 saturated heterocycles. The highest BCUT2D eigenvalue weighted by Crippen LogP contribution is 2.31. The van der Waals surface area contributed by atoms with Crippen molar-refractivity contribution in [3.63, 3.8) is 0 Å². The van der Waals surface area contributed by atoms with E-state index in [4.69, 9.17) is 4.74 Å². The average molecular weight is 324 g/mol. The average Bonchev–Trinajstić information content (AvgIpc) is 2.41. The number of nitrogens with one attached hydrogen (secondary N) is 1. The first-order valence-corrected chi connectivity index (χ1v) is 6.12. The van der Waals surface area contributed by atoms with Crippen LogP contribution in [0.25, 0.3) is 0 Å². The summed E-state index contributed by atoms with van der Waals surface area (Å²) in [6.07, 6.45) is 0. The van der Waals surface area contributed by atoms with Crippen molar-refractivity contribution in [2.24, 2.45) is 0 Å². The molecule has 0 saturated carbocycles. The minimum absolute atomic E-state index is 0.211. The lowest BCUT2D eigenvalue weighted by molar-refractivity contribution is -0.389. The smallest absolute Gasteiger partial charge is 0.364 e. The van der Waals surface area contributed by atoms with Crippen molar-refractivity contribution < 1.29 is 9.66 Å². The van der Waals surface area contributed by atoms with Crippen molar-refractivity contribution >= 4 is 33.1 Å². The number of halogens is 1. The van der Waals surface area contributed by atoms with E-state index in [-0.39, 0.29) is 5.82 Å². The van der Waals surface area contributed by atoms with Crippen molar-refractivity contribution in [2.45, 2.75) is 0 Å². The van der Waals surface area contributed by atoms with Gasteiger partial charge in [-0.2, -0.15) is 0 Å². The Balaban J connectivity index is 2.31. The third kappa shape index (κ3) is 3.00. The second-order valence-corrected chi connectivity index (χ2v) is 4.34. The Kier molecular flexibility index (Phi) is 3.96. The van der Waals surface area contributed by atoms with Crippen LogP contribution in [-0.2, 0) is 0 Å². The third-order valence-corrected chi connectivity index (χ3v) is 3.00. The van der Waals surface area contributed by atoms with Gasteiger partial charge < -0.3 is 20.2 Å². The highest BCUT2D eigenvalue weighted by Gasteiger charge is 2.14. The fourth-order valence-corrected chi connectivity index (χ4v) is 1.93. The molecule has 0 amide bonds. The molecule has 0 radical (unpaired) electrons. The summed E-state index contributed by atoms with van der Waals surface area (Å²) in [5.74, 6) is 0.463. The van der Waals surface area contributed by atoms with Crippen LogP contribution < -0.4 is 10.1 Å². The van der Waals surface area contributed by atoms with Crippen LogP contribution in [0.5, 0.6) is 5.75 Å². The van der Waals surface area contributed by atoms with Gasteiger partial charge in [0.1, 0.15) is 5.75 Å². The van der Waals surface area contributed by atoms with E-state index in [0.29, 0.717) is 16.0 Å². The number of ether oxygens (including phenoxy) is 1. The number of para-hydroxylation sites is 2. The van der Waals surface area contributed by atoms with E-state index in [1.807, 2.05) is 24.3 Å². The van der Waals surface area contributed by atoms with E-state index in [9.17, 15) is 10.1 Å². The van der Waals surface area contributed by atoms with Crippen LogP contribution in [0, 0.1) is 10.1 Å². The van der Waals surface area contributed by atoms with Gasteiger partial charge in [-0.05, 0) is 28.1 Å². The van der Waals surface area contributed by atoms with Gasteiger partial charge in [0.25, 0.3) is 0 Å². The number of rotatable bonds is 4. The van der Waals surface area contributed by atoms with Crippen LogP contribution >= 0.6 is 15.9 Å². The van der Waals surface area contributed by atoms with Crippen LogP contribution in [0.4, 0.5) is 17.2 Å². The molecule has 1 N–H and O–H groups in total. The molecular weight excluding hydrogens is 314 g/mol. The summed E-state index contributed by atoms with van der Waals surface area (Å²) in [6.45, 7) is 0. The highest BCUT2D eigenvalue weighted by molar-refractivity contribution is 9.10. The summed E-state index contributed by atoms with van der Waals surface area (Å²) in [7, 11) is 1.57. The number of nitrogens with zero attached hydrogens (tertiary/aromatic N) is 2. The molecule has 0 aliphatic rings. The molecule has 2 rings (SSSR count). The number of anilines is 2. The summed E-state index contributed by atoms with van der Waals surface area (Å²) < 4.78 is 5.58. The summed E-state index contributed by atoms with van der Waals surface area (Å²) in [4.78, 5) is 13.9. The Bertz CT molecular complexity index is 619. The van der Waals surface area contributed by atoms with Crippen LogP contribution in [0.15, 0.2) is 41.0 Å². The van der Waals surface area contributed by atoms with Crippen molar-refractivity contribution in [3.8, 4) is 5.75 Å². The lowest BCUT2D eigenvalue weighted by Gasteiger charge is -2.10. The quantitative estimate of drug-likeness (QED) is 0.529. The predicted molar refractivity (Wildman–Crippen MR) is 74.9 cm³/mol. The fourth-order valence-electron chi connectivity index (χ4n) is 1.51. The zero-order valence-electron chi connectivity index (χ0n) is 9.96. The van der Waals surface area contributed by atoms with Gasteiger partial charge in [0.15, 0.2) is 0 Å². The number of nitro groups is 1. The molecule has 1 aromatic carbocycles. The van der Waals surface area contributed by atoms with E-state index >= 15 is 0 Å². The van der Waals surface area contributed by atoms with Gasteiger partial charge in [-0.25, -0.2) is 0 Å². The lowest BCUT2D eigenvalue weighted by Crippen LogP contribution is -1.98. The van der Waals surface area contributed by atoms with Crippen LogP contribution in [0.1, 0.15) is 0 Å². The Morgan fingerprint density at radius 3 is 2.63 bits per heavy atom. The number of methoxy groups -OCH3 is 1. The molecule has 7 heteroatoms. The molecule has 0 spiro atoms. The van der Waals surface area contributed by atoms with E-state index in [1.54, 1.807) is 13.2 Å². The van der Waals surface area contributed by atoms with Gasteiger partial charge in [-0.15, -0.1) is 0 Å². The first-order valence-electron chi connectivity index (χ1n) is 5.33. The fraction of sp³-hybridized carbons (Fsp3) is 0.0833. The topological polar surface area (TPSA) is 77.3 Å². The Morgan fingerprint density at radius 2 is 2.00 bits per heavy atom. The molecule has 2 aromatic rings. The van der Waals surface area contributed by atoms with Gasteiger partial charge in [0, 0.05) is 22.0 Å². The normalized spacial score (nSPS) is 10.0. The first kappa shape index (κ1) is 13.3. The standard InChI is InChI=1S/C12H10BrN3O3/c1-19-10-5-3-2-4-8(10)14-9-6-7-11(16(17)18)15-12(9)13/h2-7,14H,1H3. The SMILES string of the molecule is COc1ccccc1Nc1ccc([N+](=O)[O-])nc1Br. The molecule has 0 atom stereocenters. The van der Waals surface area contributed by atoms with E-state index in [1.165, 1.54) is 6.07 Å². The van der Waals surface area contributed by atoms with Gasteiger partial charge in [0.2, 0.25) is 4.60 Å². The van der Waals surface area contributed by atoms with E-state index < -0.39 is 4.92 Å². The summed E-state index contributed by atoms with van der Waals surface area (Å²) in [5.41, 5.74) is 1.37. The number of aromatic nitrogens is 1. The Labute approximate surface area is 117 Å². The number of hydrogen-bond donors (Lipinski definition) is 1. The molecule has 0 bridgehead atoms. The molecule has 1 aromatic heterocycles. The molecular formula is C12H10BrN3O3. The number of benzene rings is 1. The zero-order valence-corrected chi connectivity index (χ0v) is 11.5. The number of pyridine rings is 1. The van der Waals surface area contributed by atoms with Crippen molar-refractivity contribution in [1.29, 1.82) is 0 Å². The van der Waals surface area contributed by atoms with Crippen LogP contribution in [-0.4, -0.2) is 17.0 Å². The minimum atomic E-state index is -0.544. The third-order valence-electron chi connectivity index (χ3n) is 2.40. The van der Waals surface area contributed by atoms with Crippen LogP contribution in [0.3, 0.4) is 0 Å². The van der Waals surface area contributed by atoms with Crippen molar-refractivity contribution in [2.75, 3.05) is 12.4 Å². The second kappa shape index (κ2) is 5.66. The maximum atomic E-state index is 10.6. The zero-order chi connectivity index (χ0) is 13.8. The first-order chi connectivity index (χ1) is 9.11. The largest absolute Gasteiger partial charge is 0.495 e. The van der Waals surface area contributed by atoms with Gasteiger partial charge >= 0.3 is 5.82 Å². The molecule has 1 heterocycles. The van der Waals surface area contributed by atoms with Crippen molar-refractivity contribution in [1.82, 2.24) is 4.98 Å². The molecule has 6 nitrogen and oxygen atoms in total. The lowest BCUT2D eigenvalue weighted by atomic mass is 10.3. The highest BCUT2D eigenvalue weighted by atomic mass is 79.9. The monoisotopic (exact) mass is 323 g/mol. The summed E-state index contributed by atoms with van der Waals surface area (Å²) in [5, 5.41) is 13.7. The maximum Gasteiger partial charge on any atom is 0.364 e. The maximum absolute atomic E-state index is 10.6. The summed E-state index contributed by atoms with van der Waals surface area (Å²) >= 11 is 3.20. The molecule has 19 heavy (non-hydrogen) atoms. The molecule has 98 valence electrons. The summed E-state index contributed by atoms with van der Waals surface area (Å²) in [6, 6.07) is 10.3. The van der Waals surface area contributed by atoms with Gasteiger partial charge in [-0.3, -0.25) is 0 Å². The van der Waals surface area contributed by atoms with Gasteiger partial charge in [-0.1, -0.05) is 12.1 Å². The molecule has 0 fully saturated rings. The minimum Gasteiger partial charge on any atom is -0.495 e. The van der Waals surface area contributed by atoms with Crippen LogP contribution in [0.2, 0.25) is 0 Å². The number of hydrogen-bond acceptors (Lipinski definition) is 5. The second-order valence-electron chi connectivity index (χ2n) is 3.59. The van der Waals surface area contributed by atoms with Crippen molar-refractivity contribution in [3.05, 3.63) is 51.1 Å². The molecule has 0 unspecified atom stereocenters. The van der Waals surface area contributed by atoms with E-state index in [0.717, 1.165) is 5.69 Å². The molecule has 0 aliphatic heterocycles. The predicted octanol–water partition coefficient (Wildman–Crippen LogP) is 3.50. The molecule has 0 aliphatic carbocycles. The Morgan fingerprint density at radius 1 is 1.26 bits per heavy atom.